The number of hydrogen-bond acceptors (Lipinski definition) is 5. The van der Waals surface area contributed by atoms with E-state index in [0.29, 0.717) is 28.2 Å². The van der Waals surface area contributed by atoms with Gasteiger partial charge in [0.25, 0.3) is 0 Å². The normalized spacial score (nSPS) is 15.2. The van der Waals surface area contributed by atoms with Crippen LogP contribution >= 0.6 is 0 Å². The largest absolute Gasteiger partial charge is 0.488 e. The third kappa shape index (κ3) is 4.38. The van der Waals surface area contributed by atoms with Crippen LogP contribution in [0.3, 0.4) is 0 Å². The Labute approximate surface area is 169 Å². The Morgan fingerprint density at radius 1 is 1.37 bits per heavy atom. The number of aryl methyl sites for hydroxylation is 1. The van der Waals surface area contributed by atoms with Gasteiger partial charge in [-0.3, -0.25) is 9.78 Å². The van der Waals surface area contributed by atoms with E-state index in [-0.39, 0.29) is 17.6 Å². The van der Waals surface area contributed by atoms with Gasteiger partial charge in [0.2, 0.25) is 5.91 Å². The van der Waals surface area contributed by atoms with Crippen LogP contribution < -0.4 is 10.1 Å². The number of anilines is 1. The van der Waals surface area contributed by atoms with Crippen LogP contribution in [0.5, 0.6) is 5.75 Å². The lowest BCUT2D eigenvalue weighted by atomic mass is 10.1. The van der Waals surface area contributed by atoms with E-state index in [1.807, 2.05) is 0 Å². The highest BCUT2D eigenvalue weighted by molar-refractivity contribution is 5.93. The van der Waals surface area contributed by atoms with Crippen molar-refractivity contribution < 1.29 is 27.8 Å². The lowest BCUT2D eigenvalue weighted by Gasteiger charge is -2.17. The Morgan fingerprint density at radius 3 is 2.83 bits per heavy atom. The third-order valence-corrected chi connectivity index (χ3v) is 4.75. The molecule has 3 aromatic rings. The number of carbonyl (C=O) groups excluding carboxylic acids is 1. The number of aliphatic hydroxyl groups is 1. The Morgan fingerprint density at radius 2 is 2.13 bits per heavy atom. The Kier molecular flexibility index (Phi) is 5.10. The van der Waals surface area contributed by atoms with Crippen LogP contribution in [0.2, 0.25) is 0 Å². The van der Waals surface area contributed by atoms with E-state index in [1.165, 1.54) is 6.20 Å². The second-order valence-corrected chi connectivity index (χ2v) is 7.27. The van der Waals surface area contributed by atoms with Crippen LogP contribution in [0, 0.1) is 12.8 Å². The number of fused-ring (bicyclic) bond motifs is 1. The van der Waals surface area contributed by atoms with Crippen molar-refractivity contribution in [1.29, 1.82) is 0 Å². The summed E-state index contributed by atoms with van der Waals surface area (Å²) in [7, 11) is 0. The highest BCUT2D eigenvalue weighted by Gasteiger charge is 2.39. The summed E-state index contributed by atoms with van der Waals surface area (Å²) in [5.41, 5.74) is 2.54. The fourth-order valence-electron chi connectivity index (χ4n) is 2.95. The number of aliphatic hydroxyl groups excluding tert-OH is 1. The van der Waals surface area contributed by atoms with E-state index in [4.69, 9.17) is 4.74 Å². The SMILES string of the molecule is Cc1cc(-c2ccn3nc(NC(=O)C4CC4)cc3c2)c(OCC(O)C(F)(F)F)cn1. The lowest BCUT2D eigenvalue weighted by molar-refractivity contribution is -0.210. The van der Waals surface area contributed by atoms with Crippen LogP contribution in [-0.2, 0) is 4.79 Å². The molecule has 10 heteroatoms. The summed E-state index contributed by atoms with van der Waals surface area (Å²) in [5.74, 6) is 0.550. The molecule has 1 aliphatic rings. The lowest BCUT2D eigenvalue weighted by Crippen LogP contribution is -2.34. The fraction of sp³-hybridized carbons (Fsp3) is 0.350. The fourth-order valence-corrected chi connectivity index (χ4v) is 2.95. The second-order valence-electron chi connectivity index (χ2n) is 7.27. The molecule has 2 N–H and O–H groups in total. The number of nitrogens with one attached hydrogen (secondary N) is 1. The number of pyridine rings is 2. The van der Waals surface area contributed by atoms with Crippen molar-refractivity contribution in [2.45, 2.75) is 32.0 Å². The molecule has 0 spiro atoms. The van der Waals surface area contributed by atoms with Gasteiger partial charge in [-0.2, -0.15) is 18.3 Å². The maximum absolute atomic E-state index is 12.6. The van der Waals surface area contributed by atoms with E-state index in [2.05, 4.69) is 15.4 Å². The molecule has 0 bridgehead atoms. The molecule has 4 rings (SSSR count). The molecule has 158 valence electrons. The van der Waals surface area contributed by atoms with Gasteiger partial charge in [0, 0.05) is 29.4 Å². The number of amides is 1. The average Bonchev–Trinajstić information content (AvgIpc) is 3.46. The van der Waals surface area contributed by atoms with Crippen molar-refractivity contribution in [2.75, 3.05) is 11.9 Å². The monoisotopic (exact) mass is 420 g/mol. The molecule has 1 fully saturated rings. The van der Waals surface area contributed by atoms with Crippen molar-refractivity contribution in [2.24, 2.45) is 5.92 Å². The van der Waals surface area contributed by atoms with E-state index in [0.717, 1.165) is 12.8 Å². The number of alkyl halides is 3. The molecule has 3 aromatic heterocycles. The molecule has 1 saturated carbocycles. The summed E-state index contributed by atoms with van der Waals surface area (Å²) in [5, 5.41) is 16.3. The summed E-state index contributed by atoms with van der Waals surface area (Å²) >= 11 is 0. The Bertz CT molecular complexity index is 1090. The van der Waals surface area contributed by atoms with Gasteiger partial charge in [0.15, 0.2) is 11.9 Å². The predicted molar refractivity (Wildman–Crippen MR) is 102 cm³/mol. The highest BCUT2D eigenvalue weighted by atomic mass is 19.4. The Balaban J connectivity index is 1.60. The first kappa shape index (κ1) is 20.1. The highest BCUT2D eigenvalue weighted by Crippen LogP contribution is 2.33. The molecule has 7 nitrogen and oxygen atoms in total. The van der Waals surface area contributed by atoms with Crippen molar-refractivity contribution in [3.05, 3.63) is 42.4 Å². The first-order valence-electron chi connectivity index (χ1n) is 9.35. The van der Waals surface area contributed by atoms with Crippen molar-refractivity contribution >= 4 is 17.2 Å². The maximum atomic E-state index is 12.6. The zero-order valence-corrected chi connectivity index (χ0v) is 16.0. The van der Waals surface area contributed by atoms with Crippen LogP contribution in [-0.4, -0.2) is 44.5 Å². The maximum Gasteiger partial charge on any atom is 0.417 e. The van der Waals surface area contributed by atoms with E-state index >= 15 is 0 Å². The number of ether oxygens (including phenoxy) is 1. The number of hydrogen-bond donors (Lipinski definition) is 2. The molecule has 0 radical (unpaired) electrons. The molecule has 1 unspecified atom stereocenters. The van der Waals surface area contributed by atoms with Crippen molar-refractivity contribution in [3.63, 3.8) is 0 Å². The minimum Gasteiger partial charge on any atom is -0.488 e. The van der Waals surface area contributed by atoms with Gasteiger partial charge in [-0.05, 0) is 43.5 Å². The van der Waals surface area contributed by atoms with Crippen LogP contribution in [0.1, 0.15) is 18.5 Å². The number of halogens is 3. The molecule has 1 aliphatic carbocycles. The van der Waals surface area contributed by atoms with Gasteiger partial charge in [-0.25, -0.2) is 4.52 Å². The second kappa shape index (κ2) is 7.60. The summed E-state index contributed by atoms with van der Waals surface area (Å²) < 4.78 is 44.5. The molecule has 1 atom stereocenters. The van der Waals surface area contributed by atoms with E-state index in [1.54, 1.807) is 41.9 Å². The predicted octanol–water partition coefficient (Wildman–Crippen LogP) is 3.36. The van der Waals surface area contributed by atoms with Gasteiger partial charge in [0.05, 0.1) is 11.7 Å². The topological polar surface area (TPSA) is 88.8 Å². The molecule has 0 saturated heterocycles. The average molecular weight is 420 g/mol. The van der Waals surface area contributed by atoms with Crippen LogP contribution in [0.25, 0.3) is 16.6 Å². The summed E-state index contributed by atoms with van der Waals surface area (Å²) in [4.78, 5) is 16.0. The minimum absolute atomic E-state index is 0.0527. The molecular formula is C20H19F3N4O3. The molecule has 3 heterocycles. The summed E-state index contributed by atoms with van der Waals surface area (Å²) in [6.45, 7) is 0.814. The third-order valence-electron chi connectivity index (χ3n) is 4.75. The van der Waals surface area contributed by atoms with Crippen LogP contribution in [0.15, 0.2) is 36.7 Å². The smallest absolute Gasteiger partial charge is 0.417 e. The first-order valence-corrected chi connectivity index (χ1v) is 9.35. The van der Waals surface area contributed by atoms with Gasteiger partial charge in [-0.1, -0.05) is 0 Å². The first-order chi connectivity index (χ1) is 14.2. The standard InChI is InChI=1S/C20H19F3N4O3/c1-11-6-15(16(9-24-11)30-10-17(28)20(21,22)23)13-4-5-27-14(7-13)8-18(26-27)25-19(29)12-2-3-12/h4-9,12,17,28H,2-3,10H2,1H3,(H,25,26,29). The number of nitrogens with zero attached hydrogens (tertiary/aromatic N) is 3. The minimum atomic E-state index is -4.77. The Hall–Kier alpha value is -3.14. The molecule has 0 aliphatic heterocycles. The zero-order valence-electron chi connectivity index (χ0n) is 16.0. The van der Waals surface area contributed by atoms with Crippen molar-refractivity contribution in [1.82, 2.24) is 14.6 Å². The zero-order chi connectivity index (χ0) is 21.5. The molecule has 1 amide bonds. The van der Waals surface area contributed by atoms with Gasteiger partial charge < -0.3 is 15.2 Å². The quantitative estimate of drug-likeness (QED) is 0.639. The van der Waals surface area contributed by atoms with Gasteiger partial charge in [-0.15, -0.1) is 0 Å². The summed E-state index contributed by atoms with van der Waals surface area (Å²) in [6.07, 6.45) is -2.58. The van der Waals surface area contributed by atoms with Gasteiger partial charge >= 0.3 is 6.18 Å². The summed E-state index contributed by atoms with van der Waals surface area (Å²) in [6, 6.07) is 6.91. The number of carbonyl (C=O) groups is 1. The molecular weight excluding hydrogens is 401 g/mol. The van der Waals surface area contributed by atoms with Crippen molar-refractivity contribution in [3.8, 4) is 16.9 Å². The van der Waals surface area contributed by atoms with E-state index < -0.39 is 18.9 Å². The number of aromatic nitrogens is 3. The van der Waals surface area contributed by atoms with Gasteiger partial charge in [0.1, 0.15) is 12.4 Å². The number of rotatable bonds is 6. The van der Waals surface area contributed by atoms with Crippen LogP contribution in [0.4, 0.5) is 19.0 Å². The molecule has 0 aromatic carbocycles. The van der Waals surface area contributed by atoms with E-state index in [9.17, 15) is 23.1 Å². The molecule has 30 heavy (non-hydrogen) atoms.